The molecule has 0 radical (unpaired) electrons. The number of rotatable bonds is 3. The van der Waals surface area contributed by atoms with Crippen LogP contribution in [-0.4, -0.2) is 5.97 Å². The van der Waals surface area contributed by atoms with Crippen LogP contribution in [-0.2, 0) is 14.6 Å². The van der Waals surface area contributed by atoms with E-state index in [1.54, 1.807) is 13.8 Å². The van der Waals surface area contributed by atoms with Crippen molar-refractivity contribution in [2.75, 3.05) is 0 Å². The van der Waals surface area contributed by atoms with Crippen molar-refractivity contribution in [1.82, 2.24) is 0 Å². The third-order valence-corrected chi connectivity index (χ3v) is 2.25. The predicted molar refractivity (Wildman–Crippen MR) is 56.0 cm³/mol. The molecule has 0 N–H and O–H groups in total. The highest BCUT2D eigenvalue weighted by Crippen LogP contribution is 2.30. The van der Waals surface area contributed by atoms with E-state index in [1.165, 1.54) is 24.3 Å². The normalized spacial score (nSPS) is 14.4. The Hall–Kier alpha value is -1.09. The van der Waals surface area contributed by atoms with Crippen LogP contribution in [0.3, 0.4) is 0 Å². The Morgan fingerprint density at radius 2 is 2.00 bits per heavy atom. The number of alkyl halides is 1. The van der Waals surface area contributed by atoms with Crippen LogP contribution in [0.5, 0.6) is 0 Å². The lowest BCUT2D eigenvalue weighted by Gasteiger charge is -2.22. The standard InChI is InChI=1S/C11H12ClFO2/c1-3-10(14)15-11(2,12)8-4-6-9(13)7-5-8/h4-7H,3H2,1-2H3. The summed E-state index contributed by atoms with van der Waals surface area (Å²) in [7, 11) is 0. The molecule has 15 heavy (non-hydrogen) atoms. The molecule has 0 bridgehead atoms. The number of hydrogen-bond acceptors (Lipinski definition) is 2. The number of hydrogen-bond donors (Lipinski definition) is 0. The molecule has 0 aromatic heterocycles. The molecular weight excluding hydrogens is 219 g/mol. The number of carbonyl (C=O) groups excluding carboxylic acids is 1. The molecular formula is C11H12ClFO2. The van der Waals surface area contributed by atoms with Gasteiger partial charge in [0.2, 0.25) is 5.06 Å². The quantitative estimate of drug-likeness (QED) is 0.589. The Morgan fingerprint density at radius 1 is 1.47 bits per heavy atom. The summed E-state index contributed by atoms with van der Waals surface area (Å²) in [5.74, 6) is -0.746. The zero-order valence-corrected chi connectivity index (χ0v) is 9.34. The average molecular weight is 231 g/mol. The molecule has 0 aliphatic heterocycles. The van der Waals surface area contributed by atoms with Gasteiger partial charge in [-0.2, -0.15) is 0 Å². The van der Waals surface area contributed by atoms with E-state index in [0.29, 0.717) is 5.56 Å². The Kier molecular flexibility index (Phi) is 3.69. The van der Waals surface area contributed by atoms with Crippen LogP contribution in [0.1, 0.15) is 25.8 Å². The van der Waals surface area contributed by atoms with Gasteiger partial charge in [0, 0.05) is 12.0 Å². The van der Waals surface area contributed by atoms with Gasteiger partial charge in [0.1, 0.15) is 5.82 Å². The minimum absolute atomic E-state index is 0.253. The van der Waals surface area contributed by atoms with Crippen LogP contribution < -0.4 is 0 Å². The zero-order chi connectivity index (χ0) is 11.5. The first-order chi connectivity index (χ1) is 6.95. The van der Waals surface area contributed by atoms with E-state index in [2.05, 4.69) is 0 Å². The maximum absolute atomic E-state index is 12.7. The number of benzene rings is 1. The van der Waals surface area contributed by atoms with E-state index in [9.17, 15) is 9.18 Å². The number of halogens is 2. The highest BCUT2D eigenvalue weighted by atomic mass is 35.5. The van der Waals surface area contributed by atoms with Gasteiger partial charge in [0.15, 0.2) is 0 Å². The second-order valence-corrected chi connectivity index (χ2v) is 3.97. The van der Waals surface area contributed by atoms with E-state index >= 15 is 0 Å². The van der Waals surface area contributed by atoms with Crippen LogP contribution >= 0.6 is 11.6 Å². The lowest BCUT2D eigenvalue weighted by Crippen LogP contribution is -2.22. The first-order valence-electron chi connectivity index (χ1n) is 4.62. The van der Waals surface area contributed by atoms with Gasteiger partial charge in [-0.3, -0.25) is 4.79 Å². The molecule has 0 spiro atoms. The molecule has 0 aliphatic carbocycles. The minimum Gasteiger partial charge on any atom is -0.439 e. The topological polar surface area (TPSA) is 26.3 Å². The summed E-state index contributed by atoms with van der Waals surface area (Å²) in [4.78, 5) is 11.1. The molecule has 1 atom stereocenters. The van der Waals surface area contributed by atoms with Crippen LogP contribution in [0.2, 0.25) is 0 Å². The first kappa shape index (κ1) is 12.0. The van der Waals surface area contributed by atoms with Gasteiger partial charge in [-0.05, 0) is 19.1 Å². The summed E-state index contributed by atoms with van der Waals surface area (Å²) in [6.07, 6.45) is 0.253. The molecule has 0 saturated heterocycles. The van der Waals surface area contributed by atoms with Crippen LogP contribution in [0.4, 0.5) is 4.39 Å². The van der Waals surface area contributed by atoms with E-state index < -0.39 is 11.0 Å². The van der Waals surface area contributed by atoms with Crippen LogP contribution in [0, 0.1) is 5.82 Å². The van der Waals surface area contributed by atoms with Crippen LogP contribution in [0.15, 0.2) is 24.3 Å². The van der Waals surface area contributed by atoms with Crippen molar-refractivity contribution >= 4 is 17.6 Å². The molecule has 0 heterocycles. The van der Waals surface area contributed by atoms with Crippen molar-refractivity contribution < 1.29 is 13.9 Å². The van der Waals surface area contributed by atoms with Crippen molar-refractivity contribution in [2.24, 2.45) is 0 Å². The third kappa shape index (κ3) is 3.20. The number of esters is 1. The number of ether oxygens (including phenoxy) is 1. The largest absolute Gasteiger partial charge is 0.439 e. The molecule has 1 aromatic rings. The average Bonchev–Trinajstić information content (AvgIpc) is 2.17. The lowest BCUT2D eigenvalue weighted by atomic mass is 10.1. The van der Waals surface area contributed by atoms with Gasteiger partial charge >= 0.3 is 5.97 Å². The lowest BCUT2D eigenvalue weighted by molar-refractivity contribution is -0.151. The minimum atomic E-state index is -1.24. The number of carbonyl (C=O) groups is 1. The Bertz CT molecular complexity index is 346. The highest BCUT2D eigenvalue weighted by Gasteiger charge is 2.27. The highest BCUT2D eigenvalue weighted by molar-refractivity contribution is 6.23. The molecule has 1 aromatic carbocycles. The van der Waals surface area contributed by atoms with Gasteiger partial charge in [-0.1, -0.05) is 30.7 Å². The van der Waals surface area contributed by atoms with Crippen molar-refractivity contribution in [1.29, 1.82) is 0 Å². The van der Waals surface area contributed by atoms with Crippen molar-refractivity contribution in [3.05, 3.63) is 35.6 Å². The van der Waals surface area contributed by atoms with Crippen molar-refractivity contribution in [2.45, 2.75) is 25.3 Å². The fourth-order valence-electron chi connectivity index (χ4n) is 1.09. The molecule has 2 nitrogen and oxygen atoms in total. The second-order valence-electron chi connectivity index (χ2n) is 3.25. The third-order valence-electron chi connectivity index (χ3n) is 1.95. The Balaban J connectivity index is 2.85. The summed E-state index contributed by atoms with van der Waals surface area (Å²) >= 11 is 6.02. The molecule has 4 heteroatoms. The Morgan fingerprint density at radius 3 is 2.47 bits per heavy atom. The molecule has 0 aliphatic rings. The SMILES string of the molecule is CCC(=O)OC(C)(Cl)c1ccc(F)cc1. The molecule has 0 fully saturated rings. The van der Waals surface area contributed by atoms with Gasteiger partial charge in [-0.25, -0.2) is 4.39 Å². The zero-order valence-electron chi connectivity index (χ0n) is 8.59. The van der Waals surface area contributed by atoms with Gasteiger partial charge in [-0.15, -0.1) is 0 Å². The predicted octanol–water partition coefficient (Wildman–Crippen LogP) is 3.19. The summed E-state index contributed by atoms with van der Waals surface area (Å²) in [5.41, 5.74) is 0.548. The first-order valence-corrected chi connectivity index (χ1v) is 5.00. The molecule has 1 rings (SSSR count). The molecule has 0 saturated carbocycles. The maximum atomic E-state index is 12.7. The molecule has 1 unspecified atom stereocenters. The van der Waals surface area contributed by atoms with Gasteiger partial charge < -0.3 is 4.74 Å². The summed E-state index contributed by atoms with van der Waals surface area (Å²) in [6.45, 7) is 3.23. The Labute approximate surface area is 93.0 Å². The van der Waals surface area contributed by atoms with E-state index in [1.807, 2.05) is 0 Å². The summed E-state index contributed by atoms with van der Waals surface area (Å²) < 4.78 is 17.7. The van der Waals surface area contributed by atoms with Gasteiger partial charge in [0.25, 0.3) is 0 Å². The fraction of sp³-hybridized carbons (Fsp3) is 0.364. The fourth-order valence-corrected chi connectivity index (χ4v) is 1.30. The van der Waals surface area contributed by atoms with Crippen molar-refractivity contribution in [3.8, 4) is 0 Å². The monoisotopic (exact) mass is 230 g/mol. The molecule has 0 amide bonds. The smallest absolute Gasteiger partial charge is 0.307 e. The summed E-state index contributed by atoms with van der Waals surface area (Å²) in [6, 6.07) is 5.53. The van der Waals surface area contributed by atoms with E-state index in [-0.39, 0.29) is 12.2 Å². The second kappa shape index (κ2) is 4.62. The van der Waals surface area contributed by atoms with E-state index in [0.717, 1.165) is 0 Å². The molecule has 82 valence electrons. The maximum Gasteiger partial charge on any atom is 0.307 e. The van der Waals surface area contributed by atoms with E-state index in [4.69, 9.17) is 16.3 Å². The van der Waals surface area contributed by atoms with Gasteiger partial charge in [0.05, 0.1) is 0 Å². The van der Waals surface area contributed by atoms with Crippen molar-refractivity contribution in [3.63, 3.8) is 0 Å². The summed E-state index contributed by atoms with van der Waals surface area (Å²) in [5, 5.41) is -1.24. The van der Waals surface area contributed by atoms with Crippen LogP contribution in [0.25, 0.3) is 0 Å².